The van der Waals surface area contributed by atoms with Gasteiger partial charge in [0.15, 0.2) is 12.3 Å². The summed E-state index contributed by atoms with van der Waals surface area (Å²) in [5.74, 6) is -0.449. The molecular formula is C21H24N4O3. The molecule has 7 nitrogen and oxygen atoms in total. The number of carbonyl (C=O) groups excluding carboxylic acids is 2. The minimum absolute atomic E-state index is 0.277. The van der Waals surface area contributed by atoms with Crippen molar-refractivity contribution in [3.8, 4) is 0 Å². The molecule has 2 heterocycles. The lowest BCUT2D eigenvalue weighted by atomic mass is 10.0. The number of aryl methyl sites for hydroxylation is 1. The Hall–Kier alpha value is -3.22. The number of hydrogen-bond acceptors (Lipinski definition) is 5. The molecule has 0 saturated heterocycles. The van der Waals surface area contributed by atoms with Crippen LogP contribution >= 0.6 is 0 Å². The lowest BCUT2D eigenvalue weighted by Crippen LogP contribution is -2.30. The van der Waals surface area contributed by atoms with Crippen molar-refractivity contribution in [1.29, 1.82) is 0 Å². The zero-order valence-electron chi connectivity index (χ0n) is 16.3. The molecule has 0 spiro atoms. The van der Waals surface area contributed by atoms with Gasteiger partial charge in [-0.25, -0.2) is 14.3 Å². The minimum atomic E-state index is -0.606. The van der Waals surface area contributed by atoms with Gasteiger partial charge in [0.1, 0.15) is 5.56 Å². The number of fused-ring (bicyclic) bond motifs is 1. The van der Waals surface area contributed by atoms with E-state index in [1.807, 2.05) is 0 Å². The molecule has 0 unspecified atom stereocenters. The Morgan fingerprint density at radius 3 is 2.68 bits per heavy atom. The van der Waals surface area contributed by atoms with Gasteiger partial charge in [0.25, 0.3) is 5.91 Å². The molecule has 0 saturated carbocycles. The van der Waals surface area contributed by atoms with E-state index in [0.29, 0.717) is 23.8 Å². The van der Waals surface area contributed by atoms with Crippen LogP contribution in [0.25, 0.3) is 5.65 Å². The van der Waals surface area contributed by atoms with Crippen molar-refractivity contribution in [3.63, 3.8) is 0 Å². The highest BCUT2D eigenvalue weighted by Crippen LogP contribution is 2.15. The van der Waals surface area contributed by atoms with Crippen LogP contribution in [-0.2, 0) is 16.0 Å². The Labute approximate surface area is 163 Å². The normalized spacial score (nSPS) is 11.0. The lowest BCUT2D eigenvalue weighted by Gasteiger charge is -2.08. The van der Waals surface area contributed by atoms with Crippen LogP contribution in [0.15, 0.2) is 42.7 Å². The minimum Gasteiger partial charge on any atom is -0.452 e. The third kappa shape index (κ3) is 4.54. The van der Waals surface area contributed by atoms with Crippen LogP contribution < -0.4 is 5.32 Å². The molecule has 28 heavy (non-hydrogen) atoms. The summed E-state index contributed by atoms with van der Waals surface area (Å²) in [6.07, 6.45) is 4.00. The molecule has 0 radical (unpaired) electrons. The van der Waals surface area contributed by atoms with Crippen LogP contribution in [0.1, 0.15) is 46.9 Å². The molecule has 1 aromatic carbocycles. The number of carbonyl (C=O) groups is 2. The number of nitrogens with one attached hydrogen (secondary N) is 1. The van der Waals surface area contributed by atoms with Crippen LogP contribution in [0.4, 0.5) is 0 Å². The van der Waals surface area contributed by atoms with Gasteiger partial charge in [0, 0.05) is 18.9 Å². The number of amides is 1. The highest BCUT2D eigenvalue weighted by molar-refractivity contribution is 5.98. The lowest BCUT2D eigenvalue weighted by molar-refractivity contribution is -0.124. The van der Waals surface area contributed by atoms with E-state index in [1.165, 1.54) is 10.1 Å². The number of ether oxygens (including phenoxy) is 1. The van der Waals surface area contributed by atoms with Gasteiger partial charge in [-0.3, -0.25) is 4.79 Å². The molecule has 0 fully saturated rings. The Kier molecular flexibility index (Phi) is 6.03. The summed E-state index contributed by atoms with van der Waals surface area (Å²) in [6, 6.07) is 10.1. The second-order valence-electron chi connectivity index (χ2n) is 6.92. The van der Waals surface area contributed by atoms with E-state index in [0.717, 1.165) is 12.0 Å². The average molecular weight is 380 g/mol. The summed E-state index contributed by atoms with van der Waals surface area (Å²) < 4.78 is 6.65. The molecule has 3 aromatic rings. The molecule has 3 rings (SSSR count). The van der Waals surface area contributed by atoms with Crippen molar-refractivity contribution in [3.05, 3.63) is 65.1 Å². The van der Waals surface area contributed by atoms with Gasteiger partial charge >= 0.3 is 5.97 Å². The summed E-state index contributed by atoms with van der Waals surface area (Å²) in [7, 11) is 0. The standard InChI is InChI=1S/C21H24N4O3/c1-14(2)17-7-5-16(6-8-17)9-11-22-18(26)13-28-21(27)19-15(3)24-25-12-4-10-23-20(19)25/h4-8,10,12,14H,9,11,13H2,1-3H3,(H,22,26). The summed E-state index contributed by atoms with van der Waals surface area (Å²) in [4.78, 5) is 28.5. The molecule has 7 heteroatoms. The third-order valence-corrected chi connectivity index (χ3v) is 4.49. The molecule has 0 aliphatic rings. The van der Waals surface area contributed by atoms with E-state index in [4.69, 9.17) is 4.74 Å². The van der Waals surface area contributed by atoms with Crippen molar-refractivity contribution in [1.82, 2.24) is 19.9 Å². The van der Waals surface area contributed by atoms with Crippen molar-refractivity contribution < 1.29 is 14.3 Å². The second kappa shape index (κ2) is 8.65. The second-order valence-corrected chi connectivity index (χ2v) is 6.92. The van der Waals surface area contributed by atoms with Gasteiger partial charge in [0.2, 0.25) is 0 Å². The topological polar surface area (TPSA) is 85.6 Å². The van der Waals surface area contributed by atoms with Crippen LogP contribution in [0.5, 0.6) is 0 Å². The molecule has 0 bridgehead atoms. The maximum atomic E-state index is 12.3. The Morgan fingerprint density at radius 1 is 1.21 bits per heavy atom. The van der Waals surface area contributed by atoms with E-state index < -0.39 is 5.97 Å². The fraction of sp³-hybridized carbons (Fsp3) is 0.333. The Balaban J connectivity index is 1.47. The number of rotatable bonds is 7. The maximum Gasteiger partial charge on any atom is 0.344 e. The van der Waals surface area contributed by atoms with Gasteiger partial charge in [-0.1, -0.05) is 38.1 Å². The van der Waals surface area contributed by atoms with E-state index >= 15 is 0 Å². The van der Waals surface area contributed by atoms with Gasteiger partial charge < -0.3 is 10.1 Å². The van der Waals surface area contributed by atoms with Crippen molar-refractivity contribution >= 4 is 17.5 Å². The van der Waals surface area contributed by atoms with Crippen molar-refractivity contribution in [2.24, 2.45) is 0 Å². The average Bonchev–Trinajstić information content (AvgIpc) is 3.02. The fourth-order valence-electron chi connectivity index (χ4n) is 2.91. The third-order valence-electron chi connectivity index (χ3n) is 4.49. The molecule has 2 aromatic heterocycles. The Morgan fingerprint density at radius 2 is 1.96 bits per heavy atom. The monoisotopic (exact) mass is 380 g/mol. The smallest absolute Gasteiger partial charge is 0.344 e. The summed E-state index contributed by atoms with van der Waals surface area (Å²) in [6.45, 7) is 6.15. The van der Waals surface area contributed by atoms with Crippen LogP contribution in [-0.4, -0.2) is 39.6 Å². The molecule has 1 amide bonds. The summed E-state index contributed by atoms with van der Waals surface area (Å²) >= 11 is 0. The highest BCUT2D eigenvalue weighted by Gasteiger charge is 2.20. The van der Waals surface area contributed by atoms with Crippen LogP contribution in [0, 0.1) is 6.92 Å². The molecule has 146 valence electrons. The van der Waals surface area contributed by atoms with Crippen molar-refractivity contribution in [2.75, 3.05) is 13.2 Å². The molecule has 0 aliphatic carbocycles. The number of nitrogens with zero attached hydrogens (tertiary/aromatic N) is 3. The predicted molar refractivity (Wildman–Crippen MR) is 105 cm³/mol. The summed E-state index contributed by atoms with van der Waals surface area (Å²) in [5, 5.41) is 6.98. The number of esters is 1. The van der Waals surface area contributed by atoms with E-state index in [9.17, 15) is 9.59 Å². The van der Waals surface area contributed by atoms with Gasteiger partial charge in [-0.15, -0.1) is 0 Å². The van der Waals surface area contributed by atoms with Crippen LogP contribution in [0.3, 0.4) is 0 Å². The zero-order valence-corrected chi connectivity index (χ0v) is 16.3. The molecule has 1 N–H and O–H groups in total. The first kappa shape index (κ1) is 19.5. The number of hydrogen-bond donors (Lipinski definition) is 1. The van der Waals surface area contributed by atoms with Crippen LogP contribution in [0.2, 0.25) is 0 Å². The Bertz CT molecular complexity index is 977. The first-order valence-electron chi connectivity index (χ1n) is 9.28. The molecule has 0 aliphatic heterocycles. The van der Waals surface area contributed by atoms with Crippen molar-refractivity contribution in [2.45, 2.75) is 33.1 Å². The van der Waals surface area contributed by atoms with Gasteiger partial charge in [-0.05, 0) is 36.5 Å². The quantitative estimate of drug-likeness (QED) is 0.637. The summed E-state index contributed by atoms with van der Waals surface area (Å²) in [5.41, 5.74) is 3.63. The van der Waals surface area contributed by atoms with E-state index in [1.54, 1.807) is 25.4 Å². The largest absolute Gasteiger partial charge is 0.452 e. The first-order valence-corrected chi connectivity index (χ1v) is 9.28. The molecule has 0 atom stereocenters. The van der Waals surface area contributed by atoms with E-state index in [2.05, 4.69) is 53.5 Å². The first-order chi connectivity index (χ1) is 13.5. The number of aromatic nitrogens is 3. The highest BCUT2D eigenvalue weighted by atomic mass is 16.5. The SMILES string of the molecule is Cc1nn2cccnc2c1C(=O)OCC(=O)NCCc1ccc(C(C)C)cc1. The zero-order chi connectivity index (χ0) is 20.1. The predicted octanol–water partition coefficient (Wildman–Crippen LogP) is 2.68. The van der Waals surface area contributed by atoms with E-state index in [-0.39, 0.29) is 18.1 Å². The van der Waals surface area contributed by atoms with Gasteiger partial charge in [-0.2, -0.15) is 5.10 Å². The fourth-order valence-corrected chi connectivity index (χ4v) is 2.91. The van der Waals surface area contributed by atoms with Gasteiger partial charge in [0.05, 0.1) is 5.69 Å². The molecular weight excluding hydrogens is 356 g/mol. The maximum absolute atomic E-state index is 12.3. The number of benzene rings is 1.